The van der Waals surface area contributed by atoms with E-state index >= 15 is 0 Å². The van der Waals surface area contributed by atoms with Crippen LogP contribution in [0.2, 0.25) is 5.02 Å². The van der Waals surface area contributed by atoms with E-state index in [2.05, 4.69) is 30.4 Å². The number of benzene rings is 2. The number of hydrogen-bond acceptors (Lipinski definition) is 2. The highest BCUT2D eigenvalue weighted by molar-refractivity contribution is 6.30. The van der Waals surface area contributed by atoms with Gasteiger partial charge in [0.1, 0.15) is 0 Å². The number of aryl methyl sites for hydroxylation is 1. The average Bonchev–Trinajstić information content (AvgIpc) is 2.81. The molecule has 104 valence electrons. The lowest BCUT2D eigenvalue weighted by atomic mass is 10.0. The smallest absolute Gasteiger partial charge is 0.0409 e. The van der Waals surface area contributed by atoms with E-state index in [1.54, 1.807) is 0 Å². The molecule has 1 aliphatic rings. The second kappa shape index (κ2) is 5.47. The maximum Gasteiger partial charge on any atom is 0.0409 e. The predicted molar refractivity (Wildman–Crippen MR) is 84.9 cm³/mol. The Morgan fingerprint density at radius 3 is 2.90 bits per heavy atom. The van der Waals surface area contributed by atoms with Gasteiger partial charge in [0.2, 0.25) is 0 Å². The third kappa shape index (κ3) is 2.67. The van der Waals surface area contributed by atoms with Crippen molar-refractivity contribution < 1.29 is 0 Å². The Hall–Kier alpha value is -1.51. The van der Waals surface area contributed by atoms with Crippen molar-refractivity contribution in [3.8, 4) is 0 Å². The van der Waals surface area contributed by atoms with Gasteiger partial charge in [-0.3, -0.25) is 0 Å². The molecule has 1 aliphatic carbocycles. The van der Waals surface area contributed by atoms with Crippen LogP contribution in [0.5, 0.6) is 0 Å². The molecule has 0 fully saturated rings. The second-order valence-electron chi connectivity index (χ2n) is 5.49. The molecule has 0 spiro atoms. The second-order valence-corrected chi connectivity index (χ2v) is 5.93. The highest BCUT2D eigenvalue weighted by Crippen LogP contribution is 2.34. The van der Waals surface area contributed by atoms with Crippen LogP contribution in [0.3, 0.4) is 0 Å². The monoisotopic (exact) mass is 286 g/mol. The van der Waals surface area contributed by atoms with Gasteiger partial charge < -0.3 is 11.1 Å². The van der Waals surface area contributed by atoms with Gasteiger partial charge in [-0.05, 0) is 60.7 Å². The van der Waals surface area contributed by atoms with Gasteiger partial charge in [-0.15, -0.1) is 0 Å². The van der Waals surface area contributed by atoms with Gasteiger partial charge in [0, 0.05) is 22.8 Å². The summed E-state index contributed by atoms with van der Waals surface area (Å²) >= 11 is 6.06. The Kier molecular flexibility index (Phi) is 3.68. The van der Waals surface area contributed by atoms with Gasteiger partial charge in [0.25, 0.3) is 0 Å². The zero-order chi connectivity index (χ0) is 14.1. The number of rotatable bonds is 3. The minimum atomic E-state index is 0.280. The Morgan fingerprint density at radius 1 is 1.25 bits per heavy atom. The summed E-state index contributed by atoms with van der Waals surface area (Å²) < 4.78 is 0. The lowest BCUT2D eigenvalue weighted by Crippen LogP contribution is -2.23. The molecule has 0 aliphatic heterocycles. The van der Waals surface area contributed by atoms with Crippen molar-refractivity contribution in [3.63, 3.8) is 0 Å². The van der Waals surface area contributed by atoms with Gasteiger partial charge >= 0.3 is 0 Å². The molecule has 0 radical (unpaired) electrons. The van der Waals surface area contributed by atoms with Gasteiger partial charge in [-0.2, -0.15) is 0 Å². The van der Waals surface area contributed by atoms with E-state index in [4.69, 9.17) is 17.3 Å². The van der Waals surface area contributed by atoms with E-state index in [-0.39, 0.29) is 6.04 Å². The summed E-state index contributed by atoms with van der Waals surface area (Å²) in [5.41, 5.74) is 10.7. The third-order valence-electron chi connectivity index (χ3n) is 4.04. The van der Waals surface area contributed by atoms with E-state index in [1.165, 1.54) is 16.7 Å². The molecule has 2 atom stereocenters. The first-order chi connectivity index (χ1) is 9.63. The molecule has 0 bridgehead atoms. The number of nitrogens with two attached hydrogens (primary N) is 1. The predicted octanol–water partition coefficient (Wildman–Crippen LogP) is 4.26. The number of nitrogens with one attached hydrogen (secondary N) is 1. The van der Waals surface area contributed by atoms with Crippen molar-refractivity contribution in [2.45, 2.75) is 31.8 Å². The molecule has 2 aromatic rings. The maximum absolute atomic E-state index is 6.06. The third-order valence-corrected chi connectivity index (χ3v) is 4.28. The van der Waals surface area contributed by atoms with Crippen molar-refractivity contribution in [1.82, 2.24) is 5.32 Å². The van der Waals surface area contributed by atoms with E-state index in [0.717, 1.165) is 23.6 Å². The lowest BCUT2D eigenvalue weighted by molar-refractivity contribution is 0.465. The van der Waals surface area contributed by atoms with Gasteiger partial charge in [0.15, 0.2) is 0 Å². The Bertz CT molecular complexity index is 624. The zero-order valence-corrected chi connectivity index (χ0v) is 12.3. The summed E-state index contributed by atoms with van der Waals surface area (Å²) in [5.74, 6) is 0. The highest BCUT2D eigenvalue weighted by Gasteiger charge is 2.23. The fraction of sp³-hybridized carbons (Fsp3) is 0.294. The number of nitrogen functional groups attached to an aromatic ring is 1. The standard InChI is InChI=1S/C17H19ClN2/c1-11(12-3-2-4-14(18)9-12)20-17-8-5-13-10-15(19)6-7-16(13)17/h2-4,6-7,9-11,17,20H,5,8,19H2,1H3. The topological polar surface area (TPSA) is 38.0 Å². The van der Waals surface area contributed by atoms with Crippen LogP contribution in [0.15, 0.2) is 42.5 Å². The normalized spacial score (nSPS) is 18.8. The van der Waals surface area contributed by atoms with Crippen LogP contribution < -0.4 is 11.1 Å². The zero-order valence-electron chi connectivity index (χ0n) is 11.6. The number of hydrogen-bond donors (Lipinski definition) is 2. The quantitative estimate of drug-likeness (QED) is 0.828. The minimum absolute atomic E-state index is 0.280. The minimum Gasteiger partial charge on any atom is -0.399 e. The van der Waals surface area contributed by atoms with Crippen molar-refractivity contribution in [3.05, 3.63) is 64.2 Å². The van der Waals surface area contributed by atoms with Crippen LogP contribution in [0, 0.1) is 0 Å². The first-order valence-electron chi connectivity index (χ1n) is 7.03. The summed E-state index contributed by atoms with van der Waals surface area (Å²) in [6.07, 6.45) is 2.23. The molecule has 3 N–H and O–H groups in total. The van der Waals surface area contributed by atoms with E-state index in [0.29, 0.717) is 6.04 Å². The van der Waals surface area contributed by atoms with Gasteiger partial charge in [-0.25, -0.2) is 0 Å². The fourth-order valence-corrected chi connectivity index (χ4v) is 3.18. The van der Waals surface area contributed by atoms with Crippen LogP contribution in [-0.2, 0) is 6.42 Å². The summed E-state index contributed by atoms with van der Waals surface area (Å²) in [6, 6.07) is 15.0. The van der Waals surface area contributed by atoms with Crippen molar-refractivity contribution in [1.29, 1.82) is 0 Å². The largest absolute Gasteiger partial charge is 0.399 e. The van der Waals surface area contributed by atoms with Crippen molar-refractivity contribution in [2.75, 3.05) is 5.73 Å². The SMILES string of the molecule is CC(NC1CCc2cc(N)ccc21)c1cccc(Cl)c1. The van der Waals surface area contributed by atoms with Crippen molar-refractivity contribution >= 4 is 17.3 Å². The van der Waals surface area contributed by atoms with Crippen LogP contribution in [0.4, 0.5) is 5.69 Å². The molecule has 3 heteroatoms. The van der Waals surface area contributed by atoms with E-state index in [9.17, 15) is 0 Å². The van der Waals surface area contributed by atoms with Gasteiger partial charge in [0.05, 0.1) is 0 Å². The first-order valence-corrected chi connectivity index (χ1v) is 7.41. The number of fused-ring (bicyclic) bond motifs is 1. The van der Waals surface area contributed by atoms with E-state index in [1.807, 2.05) is 24.3 Å². The molecule has 0 heterocycles. The Labute approximate surface area is 125 Å². The lowest BCUT2D eigenvalue weighted by Gasteiger charge is -2.21. The van der Waals surface area contributed by atoms with Crippen LogP contribution in [0.25, 0.3) is 0 Å². The summed E-state index contributed by atoms with van der Waals surface area (Å²) in [4.78, 5) is 0. The molecular weight excluding hydrogens is 268 g/mol. The van der Waals surface area contributed by atoms with Gasteiger partial charge in [-0.1, -0.05) is 29.8 Å². The summed E-state index contributed by atoms with van der Waals surface area (Å²) in [5, 5.41) is 4.49. The first kappa shape index (κ1) is 13.5. The molecule has 0 aromatic heterocycles. The van der Waals surface area contributed by atoms with Crippen LogP contribution >= 0.6 is 11.6 Å². The summed E-state index contributed by atoms with van der Waals surface area (Å²) in [6.45, 7) is 2.18. The fourth-order valence-electron chi connectivity index (χ4n) is 2.98. The highest BCUT2D eigenvalue weighted by atomic mass is 35.5. The summed E-state index contributed by atoms with van der Waals surface area (Å²) in [7, 11) is 0. The molecule has 2 aromatic carbocycles. The molecule has 3 rings (SSSR count). The molecule has 2 nitrogen and oxygen atoms in total. The molecule has 2 unspecified atom stereocenters. The molecule has 20 heavy (non-hydrogen) atoms. The van der Waals surface area contributed by atoms with E-state index < -0.39 is 0 Å². The molecule has 0 amide bonds. The number of halogens is 1. The van der Waals surface area contributed by atoms with Crippen molar-refractivity contribution in [2.24, 2.45) is 0 Å². The van der Waals surface area contributed by atoms with Crippen LogP contribution in [-0.4, -0.2) is 0 Å². The molecule has 0 saturated heterocycles. The Morgan fingerprint density at radius 2 is 2.10 bits per heavy atom. The Balaban J connectivity index is 1.77. The average molecular weight is 287 g/mol. The number of anilines is 1. The van der Waals surface area contributed by atoms with Crippen LogP contribution in [0.1, 0.15) is 42.1 Å². The molecular formula is C17H19ClN2. The maximum atomic E-state index is 6.06. The molecule has 0 saturated carbocycles.